The first kappa shape index (κ1) is 16.2. The van der Waals surface area contributed by atoms with Crippen LogP contribution >= 0.6 is 0 Å². The molecule has 0 aliphatic carbocycles. The minimum Gasteiger partial charge on any atom is -0.356 e. The maximum Gasteiger partial charge on any atom is 0.251 e. The standard InChI is InChI=1S/C15H23N3O2/c1-2-10-17-14(19)8-11-18-15(20)13-6-4-3-5-12(13)7-9-16/h3-6H,2,7-11,16H2,1H3,(H,17,19)(H,18,20). The molecule has 0 aromatic heterocycles. The third kappa shape index (κ3) is 5.40. The van der Waals surface area contributed by atoms with Crippen LogP contribution in [0.5, 0.6) is 0 Å². The second kappa shape index (κ2) is 9.09. The van der Waals surface area contributed by atoms with Gasteiger partial charge in [0.15, 0.2) is 0 Å². The van der Waals surface area contributed by atoms with Crippen LogP contribution in [0.3, 0.4) is 0 Å². The van der Waals surface area contributed by atoms with E-state index < -0.39 is 0 Å². The summed E-state index contributed by atoms with van der Waals surface area (Å²) in [7, 11) is 0. The highest BCUT2D eigenvalue weighted by molar-refractivity contribution is 5.95. The molecule has 1 aromatic carbocycles. The first-order valence-corrected chi connectivity index (χ1v) is 7.02. The molecule has 110 valence electrons. The van der Waals surface area contributed by atoms with Crippen molar-refractivity contribution in [3.8, 4) is 0 Å². The molecular formula is C15H23N3O2. The highest BCUT2D eigenvalue weighted by Crippen LogP contribution is 2.08. The molecule has 1 rings (SSSR count). The quantitative estimate of drug-likeness (QED) is 0.658. The fourth-order valence-corrected chi connectivity index (χ4v) is 1.85. The van der Waals surface area contributed by atoms with Crippen molar-refractivity contribution in [3.05, 3.63) is 35.4 Å². The number of benzene rings is 1. The summed E-state index contributed by atoms with van der Waals surface area (Å²) in [5.41, 5.74) is 7.10. The third-order valence-corrected chi connectivity index (χ3v) is 2.89. The van der Waals surface area contributed by atoms with Crippen LogP contribution in [0.15, 0.2) is 24.3 Å². The predicted octanol–water partition coefficient (Wildman–Crippen LogP) is 0.834. The Hall–Kier alpha value is -1.88. The van der Waals surface area contributed by atoms with Crippen LogP contribution in [0.4, 0.5) is 0 Å². The molecule has 0 saturated carbocycles. The third-order valence-electron chi connectivity index (χ3n) is 2.89. The number of hydrogen-bond acceptors (Lipinski definition) is 3. The van der Waals surface area contributed by atoms with E-state index in [4.69, 9.17) is 5.73 Å². The lowest BCUT2D eigenvalue weighted by Crippen LogP contribution is -2.31. The molecule has 0 heterocycles. The molecule has 20 heavy (non-hydrogen) atoms. The van der Waals surface area contributed by atoms with Crippen LogP contribution in [-0.2, 0) is 11.2 Å². The zero-order chi connectivity index (χ0) is 14.8. The van der Waals surface area contributed by atoms with Crippen LogP contribution in [0.2, 0.25) is 0 Å². The van der Waals surface area contributed by atoms with Crippen molar-refractivity contribution in [2.24, 2.45) is 5.73 Å². The molecule has 0 bridgehead atoms. The van der Waals surface area contributed by atoms with E-state index in [1.54, 1.807) is 6.07 Å². The summed E-state index contributed by atoms with van der Waals surface area (Å²) < 4.78 is 0. The van der Waals surface area contributed by atoms with E-state index in [1.165, 1.54) is 0 Å². The normalized spacial score (nSPS) is 10.1. The van der Waals surface area contributed by atoms with Crippen LogP contribution in [-0.4, -0.2) is 31.4 Å². The minimum atomic E-state index is -0.155. The molecule has 0 saturated heterocycles. The number of carbonyl (C=O) groups is 2. The molecule has 4 N–H and O–H groups in total. The van der Waals surface area contributed by atoms with E-state index in [2.05, 4.69) is 10.6 Å². The Morgan fingerprint density at radius 3 is 2.60 bits per heavy atom. The lowest BCUT2D eigenvalue weighted by Gasteiger charge is -2.09. The van der Waals surface area contributed by atoms with Gasteiger partial charge in [-0.2, -0.15) is 0 Å². The van der Waals surface area contributed by atoms with Gasteiger partial charge in [0.1, 0.15) is 0 Å². The Bertz CT molecular complexity index is 446. The van der Waals surface area contributed by atoms with Crippen LogP contribution in [0.25, 0.3) is 0 Å². The van der Waals surface area contributed by atoms with E-state index in [0.29, 0.717) is 38.0 Å². The zero-order valence-corrected chi connectivity index (χ0v) is 11.9. The van der Waals surface area contributed by atoms with Crippen molar-refractivity contribution < 1.29 is 9.59 Å². The van der Waals surface area contributed by atoms with Gasteiger partial charge in [-0.05, 0) is 31.0 Å². The summed E-state index contributed by atoms with van der Waals surface area (Å²) in [5, 5.41) is 5.54. The number of nitrogens with two attached hydrogens (primary N) is 1. The molecule has 0 aliphatic rings. The summed E-state index contributed by atoms with van der Waals surface area (Å²) in [6.07, 6.45) is 1.87. The highest BCUT2D eigenvalue weighted by atomic mass is 16.2. The van der Waals surface area contributed by atoms with Crippen molar-refractivity contribution in [3.63, 3.8) is 0 Å². The Labute approximate surface area is 119 Å². The second-order valence-electron chi connectivity index (χ2n) is 4.55. The zero-order valence-electron chi connectivity index (χ0n) is 11.9. The van der Waals surface area contributed by atoms with E-state index in [0.717, 1.165) is 12.0 Å². The fourth-order valence-electron chi connectivity index (χ4n) is 1.85. The molecule has 0 aliphatic heterocycles. The van der Waals surface area contributed by atoms with Crippen molar-refractivity contribution in [2.45, 2.75) is 26.2 Å². The molecule has 5 heteroatoms. The van der Waals surface area contributed by atoms with E-state index in [-0.39, 0.29) is 11.8 Å². The van der Waals surface area contributed by atoms with Crippen LogP contribution < -0.4 is 16.4 Å². The minimum absolute atomic E-state index is 0.0395. The summed E-state index contributed by atoms with van der Waals surface area (Å²) in [4.78, 5) is 23.5. The number of hydrogen-bond donors (Lipinski definition) is 3. The summed E-state index contributed by atoms with van der Waals surface area (Å²) in [6.45, 7) is 3.51. The van der Waals surface area contributed by atoms with Crippen molar-refractivity contribution in [2.75, 3.05) is 19.6 Å². The average Bonchev–Trinajstić information content (AvgIpc) is 2.46. The van der Waals surface area contributed by atoms with Gasteiger partial charge in [-0.3, -0.25) is 9.59 Å². The maximum absolute atomic E-state index is 12.1. The van der Waals surface area contributed by atoms with E-state index in [1.807, 2.05) is 25.1 Å². The molecule has 0 unspecified atom stereocenters. The number of nitrogens with one attached hydrogen (secondary N) is 2. The number of carbonyl (C=O) groups excluding carboxylic acids is 2. The predicted molar refractivity (Wildman–Crippen MR) is 79.5 cm³/mol. The van der Waals surface area contributed by atoms with Crippen molar-refractivity contribution in [1.82, 2.24) is 10.6 Å². The molecular weight excluding hydrogens is 254 g/mol. The van der Waals surface area contributed by atoms with Gasteiger partial charge in [-0.15, -0.1) is 0 Å². The fraction of sp³-hybridized carbons (Fsp3) is 0.467. The number of amides is 2. The SMILES string of the molecule is CCCNC(=O)CCNC(=O)c1ccccc1CCN. The van der Waals surface area contributed by atoms with E-state index in [9.17, 15) is 9.59 Å². The first-order valence-electron chi connectivity index (χ1n) is 7.02. The molecule has 0 fully saturated rings. The molecule has 5 nitrogen and oxygen atoms in total. The van der Waals surface area contributed by atoms with Gasteiger partial charge >= 0.3 is 0 Å². The first-order chi connectivity index (χ1) is 9.69. The molecule has 0 radical (unpaired) electrons. The molecule has 1 aromatic rings. The monoisotopic (exact) mass is 277 g/mol. The Morgan fingerprint density at radius 1 is 1.15 bits per heavy atom. The van der Waals surface area contributed by atoms with Crippen molar-refractivity contribution >= 4 is 11.8 Å². The average molecular weight is 277 g/mol. The van der Waals surface area contributed by atoms with Crippen LogP contribution in [0.1, 0.15) is 35.7 Å². The summed E-state index contributed by atoms with van der Waals surface area (Å²) >= 11 is 0. The largest absolute Gasteiger partial charge is 0.356 e. The summed E-state index contributed by atoms with van der Waals surface area (Å²) in [6, 6.07) is 7.38. The van der Waals surface area contributed by atoms with Crippen molar-refractivity contribution in [1.29, 1.82) is 0 Å². The van der Waals surface area contributed by atoms with Gasteiger partial charge in [-0.1, -0.05) is 25.1 Å². The summed E-state index contributed by atoms with van der Waals surface area (Å²) in [5.74, 6) is -0.195. The van der Waals surface area contributed by atoms with Gasteiger partial charge in [0.2, 0.25) is 5.91 Å². The molecule has 0 atom stereocenters. The number of rotatable bonds is 8. The topological polar surface area (TPSA) is 84.2 Å². The van der Waals surface area contributed by atoms with Crippen LogP contribution in [0, 0.1) is 0 Å². The van der Waals surface area contributed by atoms with Gasteiger partial charge in [0.05, 0.1) is 0 Å². The van der Waals surface area contributed by atoms with E-state index >= 15 is 0 Å². The molecule has 2 amide bonds. The lowest BCUT2D eigenvalue weighted by atomic mass is 10.0. The lowest BCUT2D eigenvalue weighted by molar-refractivity contribution is -0.120. The van der Waals surface area contributed by atoms with Gasteiger partial charge in [-0.25, -0.2) is 0 Å². The van der Waals surface area contributed by atoms with Gasteiger partial charge in [0, 0.05) is 25.1 Å². The van der Waals surface area contributed by atoms with Gasteiger partial charge < -0.3 is 16.4 Å². The maximum atomic E-state index is 12.1. The molecule has 0 spiro atoms. The Balaban J connectivity index is 2.45. The second-order valence-corrected chi connectivity index (χ2v) is 4.55. The smallest absolute Gasteiger partial charge is 0.251 e. The highest BCUT2D eigenvalue weighted by Gasteiger charge is 2.10. The Morgan fingerprint density at radius 2 is 1.90 bits per heavy atom. The Kier molecular flexibility index (Phi) is 7.35. The van der Waals surface area contributed by atoms with Gasteiger partial charge in [0.25, 0.3) is 5.91 Å².